The highest BCUT2D eigenvalue weighted by Gasteiger charge is 2.42. The number of nitrogens with zero attached hydrogens (tertiary/aromatic N) is 4. The van der Waals surface area contributed by atoms with Crippen molar-refractivity contribution < 1.29 is 19.4 Å². The summed E-state index contributed by atoms with van der Waals surface area (Å²) in [5, 5.41) is 13.4. The van der Waals surface area contributed by atoms with E-state index in [1.165, 1.54) is 0 Å². The number of nitrogens with one attached hydrogen (secondary N) is 1. The lowest BCUT2D eigenvalue weighted by Gasteiger charge is -2.34. The van der Waals surface area contributed by atoms with Gasteiger partial charge in [-0.15, -0.1) is 0 Å². The van der Waals surface area contributed by atoms with Gasteiger partial charge in [-0.25, -0.2) is 14.8 Å². The van der Waals surface area contributed by atoms with Gasteiger partial charge >= 0.3 is 6.09 Å². The van der Waals surface area contributed by atoms with E-state index < -0.39 is 6.09 Å². The lowest BCUT2D eigenvalue weighted by molar-refractivity contribution is 0.000110. The molecule has 2 saturated heterocycles. The standard InChI is InChI=1S/C24H33N5O4/c1-17-14-21(27-15-18-4-6-19(32-2)7-5-18)22(29(17)24(30)31)16-33-20-8-12-28(13-9-20)23-25-10-3-11-26-23/h3-7,10-11,17,20-22,27H,8-9,12-16H2,1-2H3,(H,30,31)/t17-,21+,22+/m1/s1. The van der Waals surface area contributed by atoms with Crippen LogP contribution in [-0.2, 0) is 11.3 Å². The molecule has 0 saturated carbocycles. The third kappa shape index (κ3) is 5.72. The molecular formula is C24H33N5O4. The minimum atomic E-state index is -0.888. The number of carboxylic acid groups (broad SMARTS) is 1. The molecule has 0 unspecified atom stereocenters. The maximum Gasteiger partial charge on any atom is 0.407 e. The second-order valence-corrected chi connectivity index (χ2v) is 8.75. The first-order chi connectivity index (χ1) is 16.0. The summed E-state index contributed by atoms with van der Waals surface area (Å²) >= 11 is 0. The summed E-state index contributed by atoms with van der Waals surface area (Å²) in [5.41, 5.74) is 1.13. The van der Waals surface area contributed by atoms with Gasteiger partial charge in [-0.05, 0) is 49.9 Å². The fourth-order valence-electron chi connectivity index (χ4n) is 4.81. The monoisotopic (exact) mass is 455 g/mol. The number of piperidine rings is 1. The van der Waals surface area contributed by atoms with Crippen molar-refractivity contribution in [2.45, 2.75) is 57.0 Å². The summed E-state index contributed by atoms with van der Waals surface area (Å²) in [4.78, 5) is 24.3. The molecule has 33 heavy (non-hydrogen) atoms. The molecule has 9 nitrogen and oxygen atoms in total. The lowest BCUT2D eigenvalue weighted by atomic mass is 10.1. The van der Waals surface area contributed by atoms with Gasteiger partial charge < -0.3 is 24.8 Å². The van der Waals surface area contributed by atoms with Gasteiger partial charge in [0.15, 0.2) is 0 Å². The summed E-state index contributed by atoms with van der Waals surface area (Å²) in [6.07, 6.45) is 5.24. The van der Waals surface area contributed by atoms with Crippen molar-refractivity contribution in [1.29, 1.82) is 0 Å². The molecule has 178 valence electrons. The first-order valence-electron chi connectivity index (χ1n) is 11.6. The average Bonchev–Trinajstić information content (AvgIpc) is 3.17. The molecule has 0 bridgehead atoms. The molecular weight excluding hydrogens is 422 g/mol. The Balaban J connectivity index is 1.32. The number of aromatic nitrogens is 2. The number of rotatable bonds is 8. The molecule has 1 aromatic carbocycles. The first kappa shape index (κ1) is 23.3. The van der Waals surface area contributed by atoms with Gasteiger partial charge in [-0.2, -0.15) is 0 Å². The topological polar surface area (TPSA) is 100 Å². The maximum absolute atomic E-state index is 12.0. The predicted octanol–water partition coefficient (Wildman–Crippen LogP) is 2.77. The highest BCUT2D eigenvalue weighted by Crippen LogP contribution is 2.27. The van der Waals surface area contributed by atoms with Crippen molar-refractivity contribution in [3.63, 3.8) is 0 Å². The Hall–Kier alpha value is -2.91. The Bertz CT molecular complexity index is 889. The molecule has 1 amide bonds. The summed E-state index contributed by atoms with van der Waals surface area (Å²) in [6.45, 7) is 4.69. The van der Waals surface area contributed by atoms with Gasteiger partial charge in [-0.1, -0.05) is 12.1 Å². The zero-order valence-electron chi connectivity index (χ0n) is 19.3. The lowest BCUT2D eigenvalue weighted by Crippen LogP contribution is -2.49. The molecule has 2 fully saturated rings. The second-order valence-electron chi connectivity index (χ2n) is 8.75. The smallest absolute Gasteiger partial charge is 0.407 e. The van der Waals surface area contributed by atoms with E-state index in [0.717, 1.165) is 49.6 Å². The van der Waals surface area contributed by atoms with E-state index in [4.69, 9.17) is 9.47 Å². The van der Waals surface area contributed by atoms with Crippen molar-refractivity contribution in [3.05, 3.63) is 48.3 Å². The van der Waals surface area contributed by atoms with Crippen molar-refractivity contribution in [3.8, 4) is 5.75 Å². The van der Waals surface area contributed by atoms with E-state index in [2.05, 4.69) is 20.2 Å². The first-order valence-corrected chi connectivity index (χ1v) is 11.6. The highest BCUT2D eigenvalue weighted by molar-refractivity contribution is 5.66. The molecule has 1 aromatic heterocycles. The van der Waals surface area contributed by atoms with E-state index in [1.807, 2.05) is 37.3 Å². The van der Waals surface area contributed by atoms with Crippen LogP contribution in [0.1, 0.15) is 31.7 Å². The molecule has 2 aromatic rings. The molecule has 0 spiro atoms. The molecule has 0 aliphatic carbocycles. The molecule has 2 aliphatic heterocycles. The van der Waals surface area contributed by atoms with Gasteiger partial charge in [0.2, 0.25) is 5.95 Å². The third-order valence-electron chi connectivity index (χ3n) is 6.62. The Morgan fingerprint density at radius 3 is 2.52 bits per heavy atom. The minimum Gasteiger partial charge on any atom is -0.497 e. The maximum atomic E-state index is 12.0. The number of hydrogen-bond acceptors (Lipinski definition) is 7. The quantitative estimate of drug-likeness (QED) is 0.627. The van der Waals surface area contributed by atoms with Crippen LogP contribution in [0.5, 0.6) is 5.75 Å². The van der Waals surface area contributed by atoms with Crippen LogP contribution in [0.2, 0.25) is 0 Å². The van der Waals surface area contributed by atoms with E-state index in [1.54, 1.807) is 24.4 Å². The molecule has 3 atom stereocenters. The number of carbonyl (C=O) groups is 1. The Morgan fingerprint density at radius 1 is 1.18 bits per heavy atom. The molecule has 9 heteroatoms. The van der Waals surface area contributed by atoms with Crippen LogP contribution in [0, 0.1) is 0 Å². The zero-order chi connectivity index (χ0) is 23.2. The van der Waals surface area contributed by atoms with Gasteiger partial charge in [-0.3, -0.25) is 4.90 Å². The Morgan fingerprint density at radius 2 is 1.88 bits per heavy atom. The van der Waals surface area contributed by atoms with E-state index in [9.17, 15) is 9.90 Å². The van der Waals surface area contributed by atoms with E-state index in [0.29, 0.717) is 13.2 Å². The van der Waals surface area contributed by atoms with Crippen molar-refractivity contribution >= 4 is 12.0 Å². The SMILES string of the molecule is COc1ccc(CN[C@H]2C[C@@H](C)N(C(=O)O)[C@H]2COC2CCN(c3ncccn3)CC2)cc1. The van der Waals surface area contributed by atoms with Crippen LogP contribution >= 0.6 is 0 Å². The number of likely N-dealkylation sites (tertiary alicyclic amines) is 1. The fourth-order valence-corrected chi connectivity index (χ4v) is 4.81. The van der Waals surface area contributed by atoms with Crippen molar-refractivity contribution in [2.24, 2.45) is 0 Å². The summed E-state index contributed by atoms with van der Waals surface area (Å²) in [7, 11) is 1.65. The largest absolute Gasteiger partial charge is 0.497 e. The van der Waals surface area contributed by atoms with Gasteiger partial charge in [0, 0.05) is 44.1 Å². The Labute approximate surface area is 194 Å². The van der Waals surface area contributed by atoms with Crippen LogP contribution in [-0.4, -0.2) is 77.1 Å². The summed E-state index contributed by atoms with van der Waals surface area (Å²) < 4.78 is 11.5. The number of hydrogen-bond donors (Lipinski definition) is 2. The molecule has 3 heterocycles. The van der Waals surface area contributed by atoms with Gasteiger partial charge in [0.25, 0.3) is 0 Å². The highest BCUT2D eigenvalue weighted by atomic mass is 16.5. The molecule has 2 N–H and O–H groups in total. The minimum absolute atomic E-state index is 0.0380. The summed E-state index contributed by atoms with van der Waals surface area (Å²) in [5.74, 6) is 1.57. The summed E-state index contributed by atoms with van der Waals surface area (Å²) in [6, 6.07) is 9.50. The van der Waals surface area contributed by atoms with Crippen LogP contribution < -0.4 is 15.0 Å². The van der Waals surface area contributed by atoms with Crippen LogP contribution in [0.25, 0.3) is 0 Å². The molecule has 0 radical (unpaired) electrons. The molecule has 2 aliphatic rings. The van der Waals surface area contributed by atoms with Gasteiger partial charge in [0.05, 0.1) is 25.9 Å². The number of ether oxygens (including phenoxy) is 2. The van der Waals surface area contributed by atoms with Crippen molar-refractivity contribution in [1.82, 2.24) is 20.2 Å². The fraction of sp³-hybridized carbons (Fsp3) is 0.542. The third-order valence-corrected chi connectivity index (χ3v) is 6.62. The number of methoxy groups -OCH3 is 1. The average molecular weight is 456 g/mol. The van der Waals surface area contributed by atoms with E-state index in [-0.39, 0.29) is 24.2 Å². The second kappa shape index (κ2) is 10.8. The van der Waals surface area contributed by atoms with E-state index >= 15 is 0 Å². The molecule has 4 rings (SSSR count). The van der Waals surface area contributed by atoms with Crippen LogP contribution in [0.3, 0.4) is 0 Å². The zero-order valence-corrected chi connectivity index (χ0v) is 19.3. The van der Waals surface area contributed by atoms with Crippen LogP contribution in [0.4, 0.5) is 10.7 Å². The van der Waals surface area contributed by atoms with Gasteiger partial charge in [0.1, 0.15) is 5.75 Å². The number of benzene rings is 1. The Kier molecular flexibility index (Phi) is 7.61. The normalized spacial score (nSPS) is 23.6. The van der Waals surface area contributed by atoms with Crippen LogP contribution in [0.15, 0.2) is 42.7 Å². The van der Waals surface area contributed by atoms with Crippen molar-refractivity contribution in [2.75, 3.05) is 31.7 Å². The number of anilines is 1. The predicted molar refractivity (Wildman–Crippen MR) is 125 cm³/mol. The number of amides is 1.